The van der Waals surface area contributed by atoms with Crippen molar-refractivity contribution in [2.24, 2.45) is 5.92 Å². The number of carboxylic acids is 1. The smallest absolute Gasteiger partial charge is 0.326 e. The summed E-state index contributed by atoms with van der Waals surface area (Å²) in [5.41, 5.74) is 0. The molecule has 2 amide bonds. The summed E-state index contributed by atoms with van der Waals surface area (Å²) >= 11 is 0. The highest BCUT2D eigenvalue weighted by molar-refractivity contribution is 5.82. The summed E-state index contributed by atoms with van der Waals surface area (Å²) in [6.07, 6.45) is 2.69. The van der Waals surface area contributed by atoms with Crippen molar-refractivity contribution in [3.63, 3.8) is 0 Å². The first kappa shape index (κ1) is 15.8. The molecule has 19 heavy (non-hydrogen) atoms. The zero-order valence-electron chi connectivity index (χ0n) is 12.0. The van der Waals surface area contributed by atoms with Gasteiger partial charge in [-0.05, 0) is 33.2 Å². The summed E-state index contributed by atoms with van der Waals surface area (Å²) < 4.78 is 0. The number of carbonyl (C=O) groups is 2. The number of hydrogen-bond donors (Lipinski definition) is 3. The number of likely N-dealkylation sites (N-methyl/N-ethyl adjacent to an activating group) is 1. The highest BCUT2D eigenvalue weighted by atomic mass is 16.4. The van der Waals surface area contributed by atoms with E-state index < -0.39 is 18.0 Å². The molecule has 0 heterocycles. The molecule has 0 bridgehead atoms. The first-order valence-corrected chi connectivity index (χ1v) is 6.87. The summed E-state index contributed by atoms with van der Waals surface area (Å²) in [5.74, 6) is -0.491. The number of aliphatic carboxylic acids is 1. The van der Waals surface area contributed by atoms with Crippen molar-refractivity contribution in [2.45, 2.75) is 45.2 Å². The average Bonchev–Trinajstić information content (AvgIpc) is 3.11. The monoisotopic (exact) mass is 271 g/mol. The molecule has 0 aliphatic heterocycles. The predicted octanol–water partition coefficient (Wildman–Crippen LogP) is 0.879. The lowest BCUT2D eigenvalue weighted by Crippen LogP contribution is -2.47. The second-order valence-corrected chi connectivity index (χ2v) is 5.54. The molecule has 1 unspecified atom stereocenters. The predicted molar refractivity (Wildman–Crippen MR) is 73.1 cm³/mol. The Balaban J connectivity index is 2.22. The fourth-order valence-corrected chi connectivity index (χ4v) is 1.72. The molecule has 1 saturated carbocycles. The lowest BCUT2D eigenvalue weighted by Gasteiger charge is -2.21. The molecule has 3 N–H and O–H groups in total. The average molecular weight is 271 g/mol. The molecule has 1 aliphatic carbocycles. The maximum absolute atomic E-state index is 11.6. The molecule has 0 aromatic carbocycles. The summed E-state index contributed by atoms with van der Waals surface area (Å²) in [7, 11) is 1.98. The molecule has 1 atom stereocenters. The molecule has 6 heteroatoms. The molecule has 1 fully saturated rings. The normalized spacial score (nSPS) is 16.5. The second kappa shape index (κ2) is 7.33. The number of carbonyl (C=O) groups excluding carboxylic acids is 1. The van der Waals surface area contributed by atoms with E-state index in [2.05, 4.69) is 29.4 Å². The Labute approximate surface area is 114 Å². The molecule has 110 valence electrons. The van der Waals surface area contributed by atoms with Crippen LogP contribution in [0.15, 0.2) is 0 Å². The van der Waals surface area contributed by atoms with E-state index in [4.69, 9.17) is 5.11 Å². The fourth-order valence-electron chi connectivity index (χ4n) is 1.72. The zero-order valence-corrected chi connectivity index (χ0v) is 12.0. The third kappa shape index (κ3) is 6.42. The molecule has 1 rings (SSSR count). The second-order valence-electron chi connectivity index (χ2n) is 5.54. The van der Waals surface area contributed by atoms with Crippen molar-refractivity contribution in [3.05, 3.63) is 0 Å². The Bertz CT molecular complexity index is 316. The topological polar surface area (TPSA) is 81.7 Å². The van der Waals surface area contributed by atoms with Gasteiger partial charge in [0.2, 0.25) is 0 Å². The van der Waals surface area contributed by atoms with Crippen LogP contribution < -0.4 is 10.6 Å². The minimum Gasteiger partial charge on any atom is -0.480 e. The van der Waals surface area contributed by atoms with Gasteiger partial charge >= 0.3 is 12.0 Å². The molecule has 1 aliphatic rings. The molecule has 0 aromatic rings. The van der Waals surface area contributed by atoms with E-state index in [1.165, 1.54) is 0 Å². The van der Waals surface area contributed by atoms with Crippen LogP contribution in [-0.4, -0.2) is 54.2 Å². The summed E-state index contributed by atoms with van der Waals surface area (Å²) in [6, 6.07) is -0.743. The number of carboxylic acid groups (broad SMARTS) is 1. The van der Waals surface area contributed by atoms with Crippen molar-refractivity contribution in [1.29, 1.82) is 0 Å². The van der Waals surface area contributed by atoms with Crippen LogP contribution in [-0.2, 0) is 4.79 Å². The van der Waals surface area contributed by atoms with Gasteiger partial charge in [0.25, 0.3) is 0 Å². The standard InChI is InChI=1S/C13H25N3O3/c1-9(2)16(3)7-6-14-13(19)15-11(12(17)18)8-10-4-5-10/h9-11H,4-8H2,1-3H3,(H,17,18)(H2,14,15,19). The van der Waals surface area contributed by atoms with Gasteiger partial charge in [0.05, 0.1) is 0 Å². The lowest BCUT2D eigenvalue weighted by molar-refractivity contribution is -0.139. The maximum atomic E-state index is 11.6. The van der Waals surface area contributed by atoms with Crippen molar-refractivity contribution in [3.8, 4) is 0 Å². The SMILES string of the molecule is CC(C)N(C)CCNC(=O)NC(CC1CC1)C(=O)O. The molecule has 0 aromatic heterocycles. The van der Waals surface area contributed by atoms with Crippen molar-refractivity contribution >= 4 is 12.0 Å². The molecule has 0 saturated heterocycles. The summed E-state index contributed by atoms with van der Waals surface area (Å²) in [5, 5.41) is 14.2. The summed E-state index contributed by atoms with van der Waals surface area (Å²) in [6.45, 7) is 5.41. The van der Waals surface area contributed by atoms with Crippen LogP contribution in [0.3, 0.4) is 0 Å². The Kier molecular flexibility index (Phi) is 6.08. The van der Waals surface area contributed by atoms with E-state index in [1.54, 1.807) is 0 Å². The molecular formula is C13H25N3O3. The molecule has 0 spiro atoms. The van der Waals surface area contributed by atoms with E-state index in [-0.39, 0.29) is 0 Å². The number of nitrogens with zero attached hydrogens (tertiary/aromatic N) is 1. The van der Waals surface area contributed by atoms with Crippen molar-refractivity contribution < 1.29 is 14.7 Å². The lowest BCUT2D eigenvalue weighted by atomic mass is 10.1. The van der Waals surface area contributed by atoms with Crippen LogP contribution in [0.2, 0.25) is 0 Å². The fraction of sp³-hybridized carbons (Fsp3) is 0.846. The quantitative estimate of drug-likeness (QED) is 0.612. The number of hydrogen-bond acceptors (Lipinski definition) is 3. The van der Waals surface area contributed by atoms with Gasteiger partial charge in [0, 0.05) is 19.1 Å². The third-order valence-corrected chi connectivity index (χ3v) is 3.50. The highest BCUT2D eigenvalue weighted by Crippen LogP contribution is 2.33. The maximum Gasteiger partial charge on any atom is 0.326 e. The number of nitrogens with one attached hydrogen (secondary N) is 2. The highest BCUT2D eigenvalue weighted by Gasteiger charge is 2.30. The van der Waals surface area contributed by atoms with Gasteiger partial charge in [-0.2, -0.15) is 0 Å². The first-order valence-electron chi connectivity index (χ1n) is 6.87. The zero-order chi connectivity index (χ0) is 14.4. The molecule has 6 nitrogen and oxygen atoms in total. The van der Waals surface area contributed by atoms with Gasteiger partial charge in [-0.25, -0.2) is 9.59 Å². The van der Waals surface area contributed by atoms with E-state index in [0.717, 1.165) is 19.4 Å². The Morgan fingerprint density at radius 3 is 2.47 bits per heavy atom. The Morgan fingerprint density at radius 1 is 1.37 bits per heavy atom. The van der Waals surface area contributed by atoms with Crippen LogP contribution in [0.25, 0.3) is 0 Å². The van der Waals surface area contributed by atoms with Crippen LogP contribution >= 0.6 is 0 Å². The first-order chi connectivity index (χ1) is 8.90. The summed E-state index contributed by atoms with van der Waals surface area (Å²) in [4.78, 5) is 24.7. The van der Waals surface area contributed by atoms with Crippen molar-refractivity contribution in [1.82, 2.24) is 15.5 Å². The van der Waals surface area contributed by atoms with E-state index >= 15 is 0 Å². The van der Waals surface area contributed by atoms with Crippen molar-refractivity contribution in [2.75, 3.05) is 20.1 Å². The third-order valence-electron chi connectivity index (χ3n) is 3.50. The van der Waals surface area contributed by atoms with Gasteiger partial charge in [-0.3, -0.25) is 0 Å². The van der Waals surface area contributed by atoms with Crippen LogP contribution in [0, 0.1) is 5.92 Å². The van der Waals surface area contributed by atoms with Crippen LogP contribution in [0.1, 0.15) is 33.1 Å². The van der Waals surface area contributed by atoms with Crippen LogP contribution in [0.5, 0.6) is 0 Å². The van der Waals surface area contributed by atoms with E-state index in [0.29, 0.717) is 24.9 Å². The molecule has 0 radical (unpaired) electrons. The van der Waals surface area contributed by atoms with E-state index in [1.807, 2.05) is 7.05 Å². The number of urea groups is 1. The van der Waals surface area contributed by atoms with Gasteiger partial charge in [0.15, 0.2) is 0 Å². The van der Waals surface area contributed by atoms with Gasteiger partial charge in [0.1, 0.15) is 6.04 Å². The number of amides is 2. The van der Waals surface area contributed by atoms with Gasteiger partial charge in [-0.15, -0.1) is 0 Å². The van der Waals surface area contributed by atoms with Crippen LogP contribution in [0.4, 0.5) is 4.79 Å². The Hall–Kier alpha value is -1.30. The Morgan fingerprint density at radius 2 is 2.00 bits per heavy atom. The van der Waals surface area contributed by atoms with Gasteiger partial charge in [-0.1, -0.05) is 12.8 Å². The largest absolute Gasteiger partial charge is 0.480 e. The number of rotatable bonds is 8. The minimum atomic E-state index is -0.957. The van der Waals surface area contributed by atoms with Gasteiger partial charge < -0.3 is 20.6 Å². The molecular weight excluding hydrogens is 246 g/mol. The minimum absolute atomic E-state index is 0.398. The van der Waals surface area contributed by atoms with E-state index in [9.17, 15) is 9.59 Å².